The maximum atomic E-state index is 15.7. The van der Waals surface area contributed by atoms with E-state index in [-0.39, 0.29) is 35.1 Å². The van der Waals surface area contributed by atoms with Crippen LogP contribution in [0, 0.1) is 12.7 Å². The normalized spacial score (nSPS) is 19.3. The van der Waals surface area contributed by atoms with Crippen molar-refractivity contribution in [2.75, 3.05) is 6.54 Å². The Hall–Kier alpha value is -2.43. The molecule has 1 fully saturated rings. The van der Waals surface area contributed by atoms with Crippen LogP contribution in [-0.4, -0.2) is 27.3 Å². The van der Waals surface area contributed by atoms with Crippen molar-refractivity contribution >= 4 is 22.2 Å². The molecule has 1 saturated carbocycles. The number of rotatable bonds is 5. The third-order valence-corrected chi connectivity index (χ3v) is 8.07. The summed E-state index contributed by atoms with van der Waals surface area (Å²) in [5.41, 5.74) is 4.21. The van der Waals surface area contributed by atoms with Gasteiger partial charge in [-0.15, -0.1) is 11.3 Å². The number of H-pyrrole nitrogens is 1. The summed E-state index contributed by atoms with van der Waals surface area (Å²) in [5, 5.41) is 9.91. The minimum atomic E-state index is -3.24. The number of nitrogens with one attached hydrogen (secondary N) is 1. The molecule has 5 rings (SSSR count). The molecule has 3 aromatic rings. The lowest BCUT2D eigenvalue weighted by atomic mass is 9.83. The highest BCUT2D eigenvalue weighted by Crippen LogP contribution is 2.47. The number of aromatic amines is 1. The monoisotopic (exact) mass is 479 g/mol. The van der Waals surface area contributed by atoms with Crippen molar-refractivity contribution in [3.05, 3.63) is 54.3 Å². The Balaban J connectivity index is 1.84. The van der Waals surface area contributed by atoms with E-state index in [1.807, 2.05) is 0 Å². The van der Waals surface area contributed by atoms with Crippen molar-refractivity contribution in [2.24, 2.45) is 5.73 Å². The number of hydrogen-bond acceptors (Lipinski definition) is 5. The molecule has 2 aliphatic rings. The van der Waals surface area contributed by atoms with Crippen LogP contribution in [0.5, 0.6) is 0 Å². The second kappa shape index (κ2) is 8.11. The first-order valence-electron chi connectivity index (χ1n) is 11.0. The summed E-state index contributed by atoms with van der Waals surface area (Å²) in [6.45, 7) is 1.66. The molecule has 4 N–H and O–H groups in total. The molecular formula is C23H24F3N3O3S. The lowest BCUT2D eigenvalue weighted by Crippen LogP contribution is -2.31. The Labute approximate surface area is 190 Å². The Morgan fingerprint density at radius 3 is 2.67 bits per heavy atom. The minimum Gasteiger partial charge on any atom is -0.391 e. The number of benzene rings is 1. The highest BCUT2D eigenvalue weighted by Gasteiger charge is 2.34. The van der Waals surface area contributed by atoms with Gasteiger partial charge in [-0.1, -0.05) is 0 Å². The third kappa shape index (κ3) is 3.46. The predicted molar refractivity (Wildman–Crippen MR) is 121 cm³/mol. The molecule has 0 aliphatic heterocycles. The van der Waals surface area contributed by atoms with Crippen LogP contribution in [0.2, 0.25) is 0 Å². The van der Waals surface area contributed by atoms with Gasteiger partial charge in [0.1, 0.15) is 5.82 Å². The quantitative estimate of drug-likeness (QED) is 0.517. The van der Waals surface area contributed by atoms with Gasteiger partial charge < -0.3 is 10.8 Å². The summed E-state index contributed by atoms with van der Waals surface area (Å²) >= 11 is 1.31. The maximum absolute atomic E-state index is 15.7. The van der Waals surface area contributed by atoms with Crippen molar-refractivity contribution in [2.45, 2.75) is 63.5 Å². The number of thiophene rings is 1. The summed E-state index contributed by atoms with van der Waals surface area (Å²) in [4.78, 5) is 28.7. The number of fused-ring (bicyclic) bond motifs is 2. The second-order valence-corrected chi connectivity index (χ2v) is 10.0. The molecule has 1 aromatic carbocycles. The molecular weight excluding hydrogens is 455 g/mol. The van der Waals surface area contributed by atoms with E-state index in [0.29, 0.717) is 17.7 Å². The van der Waals surface area contributed by atoms with E-state index in [2.05, 4.69) is 4.98 Å². The fraction of sp³-hybridized carbons (Fsp3) is 0.478. The second-order valence-electron chi connectivity index (χ2n) is 8.90. The average Bonchev–Trinajstić information content (AvgIpc) is 3.51. The van der Waals surface area contributed by atoms with Gasteiger partial charge in [0.2, 0.25) is 0 Å². The van der Waals surface area contributed by atoms with Gasteiger partial charge in [0, 0.05) is 33.8 Å². The van der Waals surface area contributed by atoms with Crippen LogP contribution in [-0.2, 0) is 6.42 Å². The van der Waals surface area contributed by atoms with Crippen LogP contribution in [0.25, 0.3) is 21.3 Å². The number of aliphatic hydroxyl groups is 1. The van der Waals surface area contributed by atoms with E-state index in [4.69, 9.17) is 5.73 Å². The van der Waals surface area contributed by atoms with E-state index >= 15 is 4.39 Å². The molecule has 6 nitrogen and oxygen atoms in total. The summed E-state index contributed by atoms with van der Waals surface area (Å²) < 4.78 is 45.3. The number of hydrogen-bond donors (Lipinski definition) is 3. The fourth-order valence-electron chi connectivity index (χ4n) is 5.15. The zero-order valence-electron chi connectivity index (χ0n) is 18.0. The molecule has 10 heteroatoms. The highest BCUT2D eigenvalue weighted by molar-refractivity contribution is 7.15. The molecule has 0 amide bonds. The van der Waals surface area contributed by atoms with Gasteiger partial charge in [0.15, 0.2) is 0 Å². The number of nitrogens with zero attached hydrogens (tertiary/aromatic N) is 1. The summed E-state index contributed by atoms with van der Waals surface area (Å²) in [5.74, 6) is -1.34. The lowest BCUT2D eigenvalue weighted by molar-refractivity contribution is 0.142. The number of aromatic nitrogens is 2. The number of alkyl halides is 2. The van der Waals surface area contributed by atoms with E-state index in [1.54, 1.807) is 13.0 Å². The maximum Gasteiger partial charge on any atom is 0.329 e. The molecule has 2 aromatic heterocycles. The highest BCUT2D eigenvalue weighted by atomic mass is 32.1. The molecule has 2 heterocycles. The van der Waals surface area contributed by atoms with Crippen molar-refractivity contribution in [3.63, 3.8) is 0 Å². The third-order valence-electron chi connectivity index (χ3n) is 6.84. The van der Waals surface area contributed by atoms with Crippen LogP contribution in [0.15, 0.2) is 15.7 Å². The summed E-state index contributed by atoms with van der Waals surface area (Å²) in [7, 11) is 0. The van der Waals surface area contributed by atoms with Crippen LogP contribution in [0.4, 0.5) is 13.2 Å². The van der Waals surface area contributed by atoms with Gasteiger partial charge in [-0.2, -0.15) is 0 Å². The Morgan fingerprint density at radius 2 is 2.03 bits per heavy atom. The largest absolute Gasteiger partial charge is 0.391 e. The Morgan fingerprint density at radius 1 is 1.30 bits per heavy atom. The Kier molecular flexibility index (Phi) is 5.49. The zero-order chi connectivity index (χ0) is 23.6. The lowest BCUT2D eigenvalue weighted by Gasteiger charge is -2.26. The van der Waals surface area contributed by atoms with Gasteiger partial charge in [0.05, 0.1) is 22.6 Å². The summed E-state index contributed by atoms with van der Waals surface area (Å²) in [6.07, 6.45) is -0.293. The van der Waals surface area contributed by atoms with E-state index in [0.717, 1.165) is 29.7 Å². The molecule has 176 valence electrons. The van der Waals surface area contributed by atoms with Crippen LogP contribution >= 0.6 is 11.3 Å². The molecule has 33 heavy (non-hydrogen) atoms. The molecule has 0 radical (unpaired) electrons. The first kappa shape index (κ1) is 22.4. The number of aliphatic hydroxyl groups excluding tert-OH is 1. The SMILES string of the molecule is Cc1c(-c2cc3c(s2)CCCC3C(O)CN)c(F)c(C(F)F)c2c(=O)[nH]c(=O)n(C3CC3)c12. The van der Waals surface area contributed by atoms with Crippen molar-refractivity contribution in [1.29, 1.82) is 0 Å². The number of nitrogens with two attached hydrogens (primary N) is 1. The molecule has 0 spiro atoms. The van der Waals surface area contributed by atoms with Crippen molar-refractivity contribution in [1.82, 2.24) is 9.55 Å². The topological polar surface area (TPSA) is 101 Å². The number of halogens is 3. The number of aryl methyl sites for hydroxylation is 2. The molecule has 0 bridgehead atoms. The van der Waals surface area contributed by atoms with Gasteiger partial charge in [-0.25, -0.2) is 18.0 Å². The predicted octanol–water partition coefficient (Wildman–Crippen LogP) is 3.88. The standard InChI is InChI=1S/C23H24F3N3O3S/c1-9-16(15-7-12-11(13(30)8-27)3-2-4-14(12)33-15)19(24)17(21(25)26)18-20(9)29(10-5-6-10)23(32)28-22(18)31/h7,10-11,13,21,30H,2-6,8,27H2,1H3,(H,28,31,32). The van der Waals surface area contributed by atoms with Crippen LogP contribution in [0.1, 0.15) is 65.6 Å². The van der Waals surface area contributed by atoms with Crippen molar-refractivity contribution in [3.8, 4) is 10.4 Å². The Bertz CT molecular complexity index is 1370. The van der Waals surface area contributed by atoms with E-state index in [1.165, 1.54) is 15.9 Å². The fourth-order valence-corrected chi connectivity index (χ4v) is 6.52. The average molecular weight is 480 g/mol. The molecule has 2 unspecified atom stereocenters. The summed E-state index contributed by atoms with van der Waals surface area (Å²) in [6, 6.07) is 1.54. The van der Waals surface area contributed by atoms with Gasteiger partial charge in [-0.3, -0.25) is 14.3 Å². The van der Waals surface area contributed by atoms with Gasteiger partial charge in [-0.05, 0) is 56.2 Å². The van der Waals surface area contributed by atoms with E-state index < -0.39 is 40.5 Å². The first-order chi connectivity index (χ1) is 15.7. The van der Waals surface area contributed by atoms with Gasteiger partial charge >= 0.3 is 5.69 Å². The molecule has 2 atom stereocenters. The van der Waals surface area contributed by atoms with Crippen LogP contribution in [0.3, 0.4) is 0 Å². The first-order valence-corrected chi connectivity index (χ1v) is 11.9. The minimum absolute atomic E-state index is 0.0161. The zero-order valence-corrected chi connectivity index (χ0v) is 18.8. The molecule has 2 aliphatic carbocycles. The smallest absolute Gasteiger partial charge is 0.329 e. The molecule has 0 saturated heterocycles. The van der Waals surface area contributed by atoms with Crippen LogP contribution < -0.4 is 17.0 Å². The van der Waals surface area contributed by atoms with E-state index in [9.17, 15) is 23.5 Å². The van der Waals surface area contributed by atoms with Gasteiger partial charge in [0.25, 0.3) is 12.0 Å². The van der Waals surface area contributed by atoms with Crippen molar-refractivity contribution < 1.29 is 18.3 Å².